The van der Waals surface area contributed by atoms with Gasteiger partial charge in [0.1, 0.15) is 0 Å². The molecule has 27 heavy (non-hydrogen) atoms. The maximum atomic E-state index is 12.6. The molecule has 9 heteroatoms. The van der Waals surface area contributed by atoms with Crippen LogP contribution in [0.3, 0.4) is 0 Å². The highest BCUT2D eigenvalue weighted by Crippen LogP contribution is 2.21. The minimum atomic E-state index is -3.49. The molecule has 146 valence electrons. The Morgan fingerprint density at radius 1 is 1.33 bits per heavy atom. The van der Waals surface area contributed by atoms with Crippen LogP contribution in [-0.2, 0) is 21.5 Å². The Morgan fingerprint density at radius 2 is 2.11 bits per heavy atom. The molecule has 0 aliphatic carbocycles. The van der Waals surface area contributed by atoms with Crippen LogP contribution in [0.1, 0.15) is 18.4 Å². The third-order valence-corrected chi connectivity index (χ3v) is 6.68. The van der Waals surface area contributed by atoms with Crippen molar-refractivity contribution in [3.63, 3.8) is 0 Å². The quantitative estimate of drug-likeness (QED) is 0.796. The standard InChI is InChI=1S/C18H25N5O3S/c1-21(2)27(25,26)23-10-5-7-16(13-23)18(24)20-12-15-6-3-4-8-17(15)22-11-9-19-14-22/h3-4,6,8-9,11,14,16H,5,7,10,12-13H2,1-2H3,(H,20,24)/t16-/m1/s1. The van der Waals surface area contributed by atoms with E-state index in [1.807, 2.05) is 35.0 Å². The summed E-state index contributed by atoms with van der Waals surface area (Å²) in [6.07, 6.45) is 6.64. The summed E-state index contributed by atoms with van der Waals surface area (Å²) in [6, 6.07) is 7.79. The van der Waals surface area contributed by atoms with E-state index in [1.54, 1.807) is 12.5 Å². The summed E-state index contributed by atoms with van der Waals surface area (Å²) in [5.41, 5.74) is 1.92. The summed E-state index contributed by atoms with van der Waals surface area (Å²) in [5.74, 6) is -0.456. The fourth-order valence-corrected chi connectivity index (χ4v) is 4.43. The first-order valence-electron chi connectivity index (χ1n) is 8.91. The van der Waals surface area contributed by atoms with Crippen LogP contribution in [0, 0.1) is 5.92 Å². The van der Waals surface area contributed by atoms with Gasteiger partial charge in [0.05, 0.1) is 17.9 Å². The summed E-state index contributed by atoms with van der Waals surface area (Å²) in [6.45, 7) is 1.05. The maximum Gasteiger partial charge on any atom is 0.281 e. The average Bonchev–Trinajstić information content (AvgIpc) is 3.21. The number of para-hydroxylation sites is 1. The second kappa shape index (κ2) is 8.20. The maximum absolute atomic E-state index is 12.6. The molecule has 0 radical (unpaired) electrons. The van der Waals surface area contributed by atoms with Gasteiger partial charge in [-0.05, 0) is 24.5 Å². The second-order valence-electron chi connectivity index (χ2n) is 6.80. The van der Waals surface area contributed by atoms with Gasteiger partial charge in [0.2, 0.25) is 5.91 Å². The molecule has 1 amide bonds. The molecule has 0 spiro atoms. The van der Waals surface area contributed by atoms with E-state index in [1.165, 1.54) is 22.7 Å². The molecule has 2 aromatic rings. The molecule has 1 aromatic heterocycles. The molecular weight excluding hydrogens is 366 g/mol. The summed E-state index contributed by atoms with van der Waals surface area (Å²) < 4.78 is 29.1. The van der Waals surface area contributed by atoms with E-state index < -0.39 is 10.2 Å². The fourth-order valence-electron chi connectivity index (χ4n) is 3.24. The van der Waals surface area contributed by atoms with Gasteiger partial charge in [0.25, 0.3) is 10.2 Å². The smallest absolute Gasteiger partial charge is 0.281 e. The molecule has 1 aliphatic heterocycles. The van der Waals surface area contributed by atoms with Crippen LogP contribution < -0.4 is 5.32 Å². The zero-order valence-electron chi connectivity index (χ0n) is 15.6. The van der Waals surface area contributed by atoms with E-state index in [4.69, 9.17) is 0 Å². The topological polar surface area (TPSA) is 87.5 Å². The molecule has 1 aromatic carbocycles. The molecule has 1 saturated heterocycles. The van der Waals surface area contributed by atoms with E-state index in [2.05, 4.69) is 10.3 Å². The Bertz CT molecular complexity index is 880. The highest BCUT2D eigenvalue weighted by atomic mass is 32.2. The first-order valence-corrected chi connectivity index (χ1v) is 10.3. The number of aromatic nitrogens is 2. The zero-order chi connectivity index (χ0) is 19.4. The fraction of sp³-hybridized carbons (Fsp3) is 0.444. The van der Waals surface area contributed by atoms with Gasteiger partial charge in [-0.3, -0.25) is 4.79 Å². The summed E-state index contributed by atoms with van der Waals surface area (Å²) in [7, 11) is -0.481. The first-order chi connectivity index (χ1) is 12.9. The van der Waals surface area contributed by atoms with Gasteiger partial charge < -0.3 is 9.88 Å². The van der Waals surface area contributed by atoms with Crippen molar-refractivity contribution in [3.8, 4) is 5.69 Å². The Hall–Kier alpha value is -2.23. The number of imidazole rings is 1. The molecule has 2 heterocycles. The molecule has 3 rings (SSSR count). The van der Waals surface area contributed by atoms with E-state index in [-0.39, 0.29) is 18.4 Å². The van der Waals surface area contributed by atoms with Crippen molar-refractivity contribution in [3.05, 3.63) is 48.5 Å². The van der Waals surface area contributed by atoms with Crippen molar-refractivity contribution >= 4 is 16.1 Å². The van der Waals surface area contributed by atoms with Crippen LogP contribution in [0.15, 0.2) is 43.0 Å². The van der Waals surface area contributed by atoms with Crippen LogP contribution in [-0.4, -0.2) is 59.7 Å². The summed E-state index contributed by atoms with van der Waals surface area (Å²) >= 11 is 0. The molecule has 8 nitrogen and oxygen atoms in total. The van der Waals surface area contributed by atoms with Gasteiger partial charge in [-0.15, -0.1) is 0 Å². The third kappa shape index (κ3) is 4.37. The van der Waals surface area contributed by atoms with Crippen LogP contribution in [0.25, 0.3) is 5.69 Å². The van der Waals surface area contributed by atoms with Crippen molar-refractivity contribution < 1.29 is 13.2 Å². The molecule has 1 N–H and O–H groups in total. The summed E-state index contributed by atoms with van der Waals surface area (Å²) in [4.78, 5) is 16.7. The van der Waals surface area contributed by atoms with Crippen molar-refractivity contribution in [2.45, 2.75) is 19.4 Å². The van der Waals surface area contributed by atoms with E-state index in [0.29, 0.717) is 25.9 Å². The normalized spacial score (nSPS) is 18.6. The number of nitrogens with zero attached hydrogens (tertiary/aromatic N) is 4. The number of nitrogens with one attached hydrogen (secondary N) is 1. The Labute approximate surface area is 160 Å². The largest absolute Gasteiger partial charge is 0.352 e. The Balaban J connectivity index is 1.65. The number of hydrogen-bond acceptors (Lipinski definition) is 4. The highest BCUT2D eigenvalue weighted by molar-refractivity contribution is 7.86. The number of carbonyl (C=O) groups is 1. The van der Waals surface area contributed by atoms with Crippen LogP contribution in [0.5, 0.6) is 0 Å². The Morgan fingerprint density at radius 3 is 2.81 bits per heavy atom. The van der Waals surface area contributed by atoms with Crippen molar-refractivity contribution in [2.75, 3.05) is 27.2 Å². The number of benzene rings is 1. The van der Waals surface area contributed by atoms with Gasteiger partial charge in [0, 0.05) is 46.1 Å². The lowest BCUT2D eigenvalue weighted by atomic mass is 9.98. The molecular formula is C18H25N5O3S. The molecule has 1 atom stereocenters. The minimum Gasteiger partial charge on any atom is -0.352 e. The van der Waals surface area contributed by atoms with Crippen LogP contribution >= 0.6 is 0 Å². The number of carbonyl (C=O) groups excluding carboxylic acids is 1. The first kappa shape index (κ1) is 19.5. The van der Waals surface area contributed by atoms with Gasteiger partial charge in [0.15, 0.2) is 0 Å². The predicted molar refractivity (Wildman–Crippen MR) is 102 cm³/mol. The van der Waals surface area contributed by atoms with Crippen molar-refractivity contribution in [1.29, 1.82) is 0 Å². The second-order valence-corrected chi connectivity index (χ2v) is 8.95. The lowest BCUT2D eigenvalue weighted by Crippen LogP contribution is -2.48. The zero-order valence-corrected chi connectivity index (χ0v) is 16.4. The molecule has 0 saturated carbocycles. The number of hydrogen-bond donors (Lipinski definition) is 1. The average molecular weight is 391 g/mol. The summed E-state index contributed by atoms with van der Waals surface area (Å²) in [5, 5.41) is 2.96. The van der Waals surface area contributed by atoms with Crippen molar-refractivity contribution in [2.24, 2.45) is 5.92 Å². The number of amides is 1. The number of rotatable bonds is 6. The third-order valence-electron chi connectivity index (χ3n) is 4.77. The van der Waals surface area contributed by atoms with Crippen molar-refractivity contribution in [1.82, 2.24) is 23.5 Å². The molecule has 0 bridgehead atoms. The van der Waals surface area contributed by atoms with Gasteiger partial charge in [-0.1, -0.05) is 18.2 Å². The van der Waals surface area contributed by atoms with E-state index in [0.717, 1.165) is 11.3 Å². The molecule has 0 unspecified atom stereocenters. The lowest BCUT2D eigenvalue weighted by Gasteiger charge is -2.32. The predicted octanol–water partition coefficient (Wildman–Crippen LogP) is 1.01. The van der Waals surface area contributed by atoms with Gasteiger partial charge in [-0.25, -0.2) is 4.98 Å². The monoisotopic (exact) mass is 391 g/mol. The van der Waals surface area contributed by atoms with E-state index >= 15 is 0 Å². The van der Waals surface area contributed by atoms with Crippen LogP contribution in [0.4, 0.5) is 0 Å². The van der Waals surface area contributed by atoms with Gasteiger partial charge >= 0.3 is 0 Å². The van der Waals surface area contributed by atoms with Gasteiger partial charge in [-0.2, -0.15) is 17.0 Å². The molecule has 1 fully saturated rings. The minimum absolute atomic E-state index is 0.117. The van der Waals surface area contributed by atoms with Crippen LogP contribution in [0.2, 0.25) is 0 Å². The van der Waals surface area contributed by atoms with E-state index in [9.17, 15) is 13.2 Å². The highest BCUT2D eigenvalue weighted by Gasteiger charge is 2.33. The Kier molecular flexibility index (Phi) is 5.93. The SMILES string of the molecule is CN(C)S(=O)(=O)N1CCC[C@@H](C(=O)NCc2ccccc2-n2ccnc2)C1. The molecule has 1 aliphatic rings. The number of piperidine rings is 1. The lowest BCUT2D eigenvalue weighted by molar-refractivity contribution is -0.126.